The summed E-state index contributed by atoms with van der Waals surface area (Å²) in [6.07, 6.45) is 5.90. The largest absolute Gasteiger partial charge is 0.462 e. The van der Waals surface area contributed by atoms with Gasteiger partial charge in [0.1, 0.15) is 10.6 Å². The zero-order valence-electron chi connectivity index (χ0n) is 17.4. The van der Waals surface area contributed by atoms with Crippen LogP contribution >= 0.6 is 22.9 Å². The number of ether oxygens (including phenoxy) is 2. The molecule has 8 heteroatoms. The van der Waals surface area contributed by atoms with Gasteiger partial charge in [0.15, 0.2) is 6.61 Å². The molecule has 1 N–H and O–H groups in total. The zero-order valence-corrected chi connectivity index (χ0v) is 19.0. The monoisotopic (exact) mass is 463 g/mol. The SMILES string of the molecule is CCOC(=O)c1c(-c2ccccc2Cl)csc1NC(=O)COC(=O)CCC1CCCC1. The Labute approximate surface area is 190 Å². The first-order chi connectivity index (χ1) is 15.0. The topological polar surface area (TPSA) is 81.7 Å². The number of nitrogens with one attached hydrogen (secondary N) is 1. The summed E-state index contributed by atoms with van der Waals surface area (Å²) < 4.78 is 10.3. The van der Waals surface area contributed by atoms with Crippen molar-refractivity contribution in [3.63, 3.8) is 0 Å². The van der Waals surface area contributed by atoms with Crippen LogP contribution in [0, 0.1) is 5.92 Å². The van der Waals surface area contributed by atoms with E-state index in [1.807, 2.05) is 6.07 Å². The quantitative estimate of drug-likeness (QED) is 0.482. The van der Waals surface area contributed by atoms with E-state index in [4.69, 9.17) is 21.1 Å². The van der Waals surface area contributed by atoms with E-state index in [1.165, 1.54) is 24.2 Å². The van der Waals surface area contributed by atoms with Gasteiger partial charge in [-0.1, -0.05) is 55.5 Å². The molecule has 1 aromatic carbocycles. The molecule has 166 valence electrons. The molecule has 1 amide bonds. The third-order valence-electron chi connectivity index (χ3n) is 5.28. The van der Waals surface area contributed by atoms with Crippen LogP contribution in [0.4, 0.5) is 5.00 Å². The van der Waals surface area contributed by atoms with Gasteiger partial charge in [-0.3, -0.25) is 9.59 Å². The molecule has 1 aromatic heterocycles. The van der Waals surface area contributed by atoms with Gasteiger partial charge in [0.2, 0.25) is 0 Å². The van der Waals surface area contributed by atoms with Crippen molar-refractivity contribution in [2.45, 2.75) is 45.4 Å². The minimum Gasteiger partial charge on any atom is -0.462 e. The van der Waals surface area contributed by atoms with Gasteiger partial charge in [-0.05, 0) is 25.3 Å². The number of carbonyl (C=O) groups excluding carboxylic acids is 3. The Morgan fingerprint density at radius 3 is 2.58 bits per heavy atom. The molecular weight excluding hydrogens is 438 g/mol. The van der Waals surface area contributed by atoms with Crippen LogP contribution in [-0.4, -0.2) is 31.1 Å². The summed E-state index contributed by atoms with van der Waals surface area (Å²) in [6.45, 7) is 1.51. The number of carbonyl (C=O) groups is 3. The van der Waals surface area contributed by atoms with Crippen LogP contribution in [0.1, 0.15) is 55.8 Å². The summed E-state index contributed by atoms with van der Waals surface area (Å²) in [5.41, 5.74) is 1.49. The van der Waals surface area contributed by atoms with Gasteiger partial charge in [-0.2, -0.15) is 0 Å². The third-order valence-corrected chi connectivity index (χ3v) is 6.51. The average Bonchev–Trinajstić information content (AvgIpc) is 3.41. The number of hydrogen-bond acceptors (Lipinski definition) is 6. The van der Waals surface area contributed by atoms with E-state index in [2.05, 4.69) is 5.32 Å². The van der Waals surface area contributed by atoms with Crippen LogP contribution < -0.4 is 5.32 Å². The van der Waals surface area contributed by atoms with E-state index in [1.54, 1.807) is 30.5 Å². The number of hydrogen-bond donors (Lipinski definition) is 1. The molecule has 0 unspecified atom stereocenters. The van der Waals surface area contributed by atoms with Crippen molar-refractivity contribution in [3.05, 3.63) is 40.2 Å². The molecule has 0 saturated heterocycles. The minimum absolute atomic E-state index is 0.197. The fourth-order valence-electron chi connectivity index (χ4n) is 3.74. The Kier molecular flexibility index (Phi) is 8.49. The highest BCUT2D eigenvalue weighted by Crippen LogP contribution is 2.39. The Bertz CT molecular complexity index is 936. The molecule has 0 atom stereocenters. The van der Waals surface area contributed by atoms with Crippen LogP contribution in [0.2, 0.25) is 5.02 Å². The number of esters is 2. The molecule has 0 radical (unpaired) electrons. The maximum Gasteiger partial charge on any atom is 0.341 e. The predicted molar refractivity (Wildman–Crippen MR) is 122 cm³/mol. The molecule has 3 rings (SSSR count). The van der Waals surface area contributed by atoms with Crippen molar-refractivity contribution in [2.24, 2.45) is 5.92 Å². The first-order valence-corrected chi connectivity index (χ1v) is 11.7. The van der Waals surface area contributed by atoms with Gasteiger partial charge in [-0.25, -0.2) is 4.79 Å². The van der Waals surface area contributed by atoms with E-state index in [-0.39, 0.29) is 18.1 Å². The molecular formula is C23H26ClNO5S. The number of anilines is 1. The molecule has 1 fully saturated rings. The molecule has 31 heavy (non-hydrogen) atoms. The Balaban J connectivity index is 1.64. The summed E-state index contributed by atoms with van der Waals surface area (Å²) >= 11 is 7.49. The van der Waals surface area contributed by atoms with Gasteiger partial charge < -0.3 is 14.8 Å². The van der Waals surface area contributed by atoms with Crippen LogP contribution in [0.25, 0.3) is 11.1 Å². The molecule has 1 heterocycles. The lowest BCUT2D eigenvalue weighted by molar-refractivity contribution is -0.147. The van der Waals surface area contributed by atoms with E-state index in [0.29, 0.717) is 33.5 Å². The lowest BCUT2D eigenvalue weighted by Gasteiger charge is -2.10. The van der Waals surface area contributed by atoms with Crippen LogP contribution in [0.15, 0.2) is 29.6 Å². The Morgan fingerprint density at radius 2 is 1.87 bits per heavy atom. The first kappa shape index (κ1) is 23.3. The van der Waals surface area contributed by atoms with E-state index in [9.17, 15) is 14.4 Å². The first-order valence-electron chi connectivity index (χ1n) is 10.5. The van der Waals surface area contributed by atoms with Gasteiger partial charge in [-0.15, -0.1) is 11.3 Å². The molecule has 1 saturated carbocycles. The maximum absolute atomic E-state index is 12.6. The summed E-state index contributed by atoms with van der Waals surface area (Å²) in [4.78, 5) is 36.9. The number of thiophene rings is 1. The fraction of sp³-hybridized carbons (Fsp3) is 0.435. The highest BCUT2D eigenvalue weighted by atomic mass is 35.5. The number of halogens is 1. The average molecular weight is 464 g/mol. The lowest BCUT2D eigenvalue weighted by atomic mass is 10.0. The summed E-state index contributed by atoms with van der Waals surface area (Å²) in [5, 5.41) is 5.24. The van der Waals surface area contributed by atoms with Gasteiger partial charge in [0, 0.05) is 28.0 Å². The number of amides is 1. The standard InChI is InChI=1S/C23H26ClNO5S/c1-2-29-23(28)21-17(16-9-5-6-10-18(16)24)14-31-22(21)25-19(26)13-30-20(27)12-11-15-7-3-4-8-15/h5-6,9-10,14-15H,2-4,7-8,11-13H2,1H3,(H,25,26). The Morgan fingerprint density at radius 1 is 1.13 bits per heavy atom. The molecule has 1 aliphatic rings. The molecule has 6 nitrogen and oxygen atoms in total. The second-order valence-corrected chi connectivity index (χ2v) is 8.74. The summed E-state index contributed by atoms with van der Waals surface area (Å²) in [7, 11) is 0. The van der Waals surface area contributed by atoms with Crippen LogP contribution in [0.5, 0.6) is 0 Å². The number of rotatable bonds is 9. The smallest absolute Gasteiger partial charge is 0.341 e. The van der Waals surface area contributed by atoms with Crippen LogP contribution in [-0.2, 0) is 19.1 Å². The van der Waals surface area contributed by atoms with Gasteiger partial charge in [0.25, 0.3) is 5.91 Å². The fourth-order valence-corrected chi connectivity index (χ4v) is 4.94. The maximum atomic E-state index is 12.6. The molecule has 0 bridgehead atoms. The minimum atomic E-state index is -0.553. The second-order valence-electron chi connectivity index (χ2n) is 7.45. The van der Waals surface area contributed by atoms with Gasteiger partial charge in [0.05, 0.1) is 6.61 Å². The van der Waals surface area contributed by atoms with E-state index >= 15 is 0 Å². The molecule has 1 aliphatic carbocycles. The summed E-state index contributed by atoms with van der Waals surface area (Å²) in [6, 6.07) is 7.14. The van der Waals surface area contributed by atoms with Crippen molar-refractivity contribution < 1.29 is 23.9 Å². The number of benzene rings is 1. The van der Waals surface area contributed by atoms with Crippen molar-refractivity contribution in [1.29, 1.82) is 0 Å². The summed E-state index contributed by atoms with van der Waals surface area (Å²) in [5.74, 6) is -0.853. The lowest BCUT2D eigenvalue weighted by Crippen LogP contribution is -2.22. The van der Waals surface area contributed by atoms with E-state index < -0.39 is 18.5 Å². The van der Waals surface area contributed by atoms with Crippen molar-refractivity contribution >= 4 is 45.8 Å². The highest BCUT2D eigenvalue weighted by molar-refractivity contribution is 7.15. The molecule has 0 spiro atoms. The second kappa shape index (κ2) is 11.3. The van der Waals surface area contributed by atoms with Crippen molar-refractivity contribution in [1.82, 2.24) is 0 Å². The molecule has 0 aliphatic heterocycles. The zero-order chi connectivity index (χ0) is 22.2. The Hall–Kier alpha value is -2.38. The van der Waals surface area contributed by atoms with E-state index in [0.717, 1.165) is 19.3 Å². The predicted octanol–water partition coefficient (Wildman–Crippen LogP) is 5.70. The molecule has 2 aromatic rings. The van der Waals surface area contributed by atoms with Gasteiger partial charge >= 0.3 is 11.9 Å². The normalized spacial score (nSPS) is 13.7. The van der Waals surface area contributed by atoms with Crippen LogP contribution in [0.3, 0.4) is 0 Å². The van der Waals surface area contributed by atoms with Crippen molar-refractivity contribution in [2.75, 3.05) is 18.5 Å². The third kappa shape index (κ3) is 6.31. The van der Waals surface area contributed by atoms with Crippen molar-refractivity contribution in [3.8, 4) is 11.1 Å². The highest BCUT2D eigenvalue weighted by Gasteiger charge is 2.24.